The summed E-state index contributed by atoms with van der Waals surface area (Å²) in [5.41, 5.74) is -0.940. The molecule has 94 valence electrons. The second-order valence-corrected chi connectivity index (χ2v) is 4.47. The van der Waals surface area contributed by atoms with Crippen LogP contribution < -0.4 is 0 Å². The van der Waals surface area contributed by atoms with Gasteiger partial charge in [0.1, 0.15) is 11.4 Å². The summed E-state index contributed by atoms with van der Waals surface area (Å²) < 4.78 is 54.0. The zero-order valence-corrected chi connectivity index (χ0v) is 8.71. The number of hydrogen-bond donors (Lipinski definition) is 1. The Morgan fingerprint density at radius 2 is 2.18 bits per heavy atom. The van der Waals surface area contributed by atoms with Crippen LogP contribution in [0.1, 0.15) is 35.7 Å². The smallest absolute Gasteiger partial charge is 0.293 e. The van der Waals surface area contributed by atoms with Crippen LogP contribution in [0.2, 0.25) is 0 Å². The molecule has 0 radical (unpaired) electrons. The van der Waals surface area contributed by atoms with E-state index in [-0.39, 0.29) is 18.5 Å². The van der Waals surface area contributed by atoms with Crippen molar-refractivity contribution in [2.24, 2.45) is 5.92 Å². The van der Waals surface area contributed by atoms with E-state index in [0.29, 0.717) is 0 Å². The lowest BCUT2D eigenvalue weighted by Crippen LogP contribution is -2.21. The Morgan fingerprint density at radius 1 is 1.47 bits per heavy atom. The molecule has 3 rings (SSSR count). The summed E-state index contributed by atoms with van der Waals surface area (Å²) in [6.07, 6.45) is -2.59. The molecule has 0 aromatic carbocycles. The first-order valence-corrected chi connectivity index (χ1v) is 5.36. The van der Waals surface area contributed by atoms with Gasteiger partial charge in [-0.15, -0.1) is 0 Å². The van der Waals surface area contributed by atoms with Crippen molar-refractivity contribution < 1.29 is 22.7 Å². The van der Waals surface area contributed by atoms with Crippen LogP contribution in [0.4, 0.5) is 17.6 Å². The summed E-state index contributed by atoms with van der Waals surface area (Å²) in [5, 5.41) is 12.3. The van der Waals surface area contributed by atoms with Crippen LogP contribution >= 0.6 is 0 Å². The third-order valence-corrected chi connectivity index (χ3v) is 3.48. The zero-order valence-electron chi connectivity index (χ0n) is 8.71. The standard InChI is InChI=1S/C10H10F4N2O/c11-9(12)7-6-4-3-5(4)10(13,14)8(6)16(15-7)1-2-17/h4-5,9,17H,1-3H2/t4-,5+/m1/s1. The van der Waals surface area contributed by atoms with Crippen LogP contribution in [0.25, 0.3) is 0 Å². The van der Waals surface area contributed by atoms with E-state index in [1.54, 1.807) is 0 Å². The lowest BCUT2D eigenvalue weighted by molar-refractivity contribution is -0.0315. The highest BCUT2D eigenvalue weighted by Gasteiger charge is 2.67. The monoisotopic (exact) mass is 250 g/mol. The van der Waals surface area contributed by atoms with Crippen molar-refractivity contribution in [3.8, 4) is 0 Å². The Morgan fingerprint density at radius 3 is 2.76 bits per heavy atom. The summed E-state index contributed by atoms with van der Waals surface area (Å²) >= 11 is 0. The molecule has 0 bridgehead atoms. The third-order valence-electron chi connectivity index (χ3n) is 3.48. The number of hydrogen-bond acceptors (Lipinski definition) is 2. The number of aliphatic hydroxyl groups is 1. The number of aliphatic hydroxyl groups excluding tert-OH is 1. The van der Waals surface area contributed by atoms with Gasteiger partial charge in [-0.2, -0.15) is 13.9 Å². The summed E-state index contributed by atoms with van der Waals surface area (Å²) in [5.74, 6) is -4.41. The van der Waals surface area contributed by atoms with Crippen LogP contribution in [0.3, 0.4) is 0 Å². The van der Waals surface area contributed by atoms with Gasteiger partial charge in [-0.1, -0.05) is 0 Å². The van der Waals surface area contributed by atoms with Crippen molar-refractivity contribution in [2.45, 2.75) is 31.2 Å². The Kier molecular flexibility index (Phi) is 2.08. The van der Waals surface area contributed by atoms with E-state index >= 15 is 0 Å². The molecule has 7 heteroatoms. The highest BCUT2D eigenvalue weighted by molar-refractivity contribution is 5.46. The van der Waals surface area contributed by atoms with E-state index in [4.69, 9.17) is 5.11 Å². The summed E-state index contributed by atoms with van der Waals surface area (Å²) in [7, 11) is 0. The van der Waals surface area contributed by atoms with Gasteiger partial charge in [0.15, 0.2) is 0 Å². The summed E-state index contributed by atoms with van der Waals surface area (Å²) in [6.45, 7) is -0.577. The van der Waals surface area contributed by atoms with Crippen LogP contribution in [-0.4, -0.2) is 21.5 Å². The minimum atomic E-state index is -3.09. The van der Waals surface area contributed by atoms with E-state index in [0.717, 1.165) is 4.68 Å². The van der Waals surface area contributed by atoms with E-state index in [1.807, 2.05) is 0 Å². The topological polar surface area (TPSA) is 38.0 Å². The highest BCUT2D eigenvalue weighted by Crippen LogP contribution is 2.68. The van der Waals surface area contributed by atoms with Crippen LogP contribution in [0.5, 0.6) is 0 Å². The molecule has 17 heavy (non-hydrogen) atoms. The SMILES string of the molecule is OCCn1nc(C(F)F)c2c1C(F)(F)[C@H]1C[C@@H]21. The molecule has 1 saturated carbocycles. The van der Waals surface area contributed by atoms with Crippen molar-refractivity contribution in [1.82, 2.24) is 9.78 Å². The van der Waals surface area contributed by atoms with Crippen molar-refractivity contribution in [2.75, 3.05) is 6.61 Å². The van der Waals surface area contributed by atoms with Gasteiger partial charge in [-0.25, -0.2) is 8.78 Å². The first kappa shape index (κ1) is 11.0. The number of rotatable bonds is 3. The first-order valence-electron chi connectivity index (χ1n) is 5.36. The summed E-state index contributed by atoms with van der Waals surface area (Å²) in [4.78, 5) is 0. The van der Waals surface area contributed by atoms with Crippen molar-refractivity contribution in [3.63, 3.8) is 0 Å². The van der Waals surface area contributed by atoms with Crippen molar-refractivity contribution in [3.05, 3.63) is 17.0 Å². The fourth-order valence-corrected chi connectivity index (χ4v) is 2.72. The maximum Gasteiger partial charge on any atom is 0.293 e. The largest absolute Gasteiger partial charge is 0.394 e. The average Bonchev–Trinajstić information content (AvgIpc) is 2.89. The van der Waals surface area contributed by atoms with Crippen LogP contribution in [0.15, 0.2) is 0 Å². The Hall–Kier alpha value is -1.11. The minimum Gasteiger partial charge on any atom is -0.394 e. The lowest BCUT2D eigenvalue weighted by atomic mass is 10.1. The van der Waals surface area contributed by atoms with Gasteiger partial charge < -0.3 is 5.11 Å². The molecule has 1 aromatic heterocycles. The molecule has 3 nitrogen and oxygen atoms in total. The Labute approximate surface area is 94.0 Å². The maximum absolute atomic E-state index is 13.8. The summed E-state index contributed by atoms with van der Waals surface area (Å²) in [6, 6.07) is 0. The normalized spacial score (nSPS) is 28.4. The fraction of sp³-hybridized carbons (Fsp3) is 0.700. The van der Waals surface area contributed by atoms with Gasteiger partial charge in [0.25, 0.3) is 12.3 Å². The number of aromatic nitrogens is 2. The van der Waals surface area contributed by atoms with E-state index < -0.39 is 42.2 Å². The molecule has 0 aliphatic heterocycles. The molecule has 2 aliphatic carbocycles. The van der Waals surface area contributed by atoms with Crippen molar-refractivity contribution >= 4 is 0 Å². The molecular weight excluding hydrogens is 240 g/mol. The molecule has 0 unspecified atom stereocenters. The fourth-order valence-electron chi connectivity index (χ4n) is 2.72. The molecule has 1 aromatic rings. The zero-order chi connectivity index (χ0) is 12.4. The van der Waals surface area contributed by atoms with Gasteiger partial charge in [0.2, 0.25) is 0 Å². The maximum atomic E-state index is 13.8. The van der Waals surface area contributed by atoms with Gasteiger partial charge in [0.05, 0.1) is 13.2 Å². The number of fused-ring (bicyclic) bond motifs is 3. The van der Waals surface area contributed by atoms with Crippen LogP contribution in [0, 0.1) is 5.92 Å². The second-order valence-electron chi connectivity index (χ2n) is 4.47. The molecule has 1 heterocycles. The van der Waals surface area contributed by atoms with E-state index in [2.05, 4.69) is 5.10 Å². The molecule has 2 aliphatic rings. The highest BCUT2D eigenvalue weighted by atomic mass is 19.3. The molecule has 2 atom stereocenters. The third kappa shape index (κ3) is 1.28. The van der Waals surface area contributed by atoms with E-state index in [1.165, 1.54) is 0 Å². The van der Waals surface area contributed by atoms with Gasteiger partial charge in [-0.05, 0) is 12.3 Å². The van der Waals surface area contributed by atoms with Gasteiger partial charge in [-0.3, -0.25) is 4.68 Å². The Balaban J connectivity index is 2.16. The molecule has 1 fully saturated rings. The molecule has 0 spiro atoms. The predicted octanol–water partition coefficient (Wildman–Crippen LogP) is 2.02. The van der Waals surface area contributed by atoms with E-state index in [9.17, 15) is 17.6 Å². The van der Waals surface area contributed by atoms with Gasteiger partial charge in [0, 0.05) is 11.5 Å². The van der Waals surface area contributed by atoms with Crippen LogP contribution in [-0.2, 0) is 12.5 Å². The second kappa shape index (κ2) is 3.22. The lowest BCUT2D eigenvalue weighted by Gasteiger charge is -2.14. The average molecular weight is 250 g/mol. The first-order chi connectivity index (χ1) is 7.98. The quantitative estimate of drug-likeness (QED) is 0.833. The van der Waals surface area contributed by atoms with Gasteiger partial charge >= 0.3 is 0 Å². The number of nitrogens with zero attached hydrogens (tertiary/aromatic N) is 2. The Bertz CT molecular complexity index is 471. The van der Waals surface area contributed by atoms with Crippen molar-refractivity contribution in [1.29, 1.82) is 0 Å². The predicted molar refractivity (Wildman–Crippen MR) is 49.0 cm³/mol. The molecule has 1 N–H and O–H groups in total. The number of halogens is 4. The molecular formula is C10H10F4N2O. The molecule has 0 saturated heterocycles. The molecule has 0 amide bonds. The minimum absolute atomic E-state index is 0.0171. The number of alkyl halides is 4.